The Kier molecular flexibility index (Phi) is 6.46. The number of amides is 2. The Hall–Kier alpha value is -2.95. The van der Waals surface area contributed by atoms with Crippen LogP contribution in [-0.4, -0.2) is 17.5 Å². The summed E-state index contributed by atoms with van der Waals surface area (Å²) in [6, 6.07) is 15.4. The fourth-order valence-corrected chi connectivity index (χ4v) is 2.34. The van der Waals surface area contributed by atoms with Crippen molar-refractivity contribution in [3.63, 3.8) is 0 Å². The van der Waals surface area contributed by atoms with E-state index in [0.29, 0.717) is 5.71 Å². The lowest BCUT2D eigenvalue weighted by atomic mass is 10.1. The first-order valence-electron chi connectivity index (χ1n) is 8.21. The number of carbonyl (C=O) groups is 2. The molecule has 130 valence electrons. The SMILES string of the molecule is C/C(=N/NC(=O)CCC(=O)Nc1ccc(C)cc1C)c1ccccc1. The van der Waals surface area contributed by atoms with Gasteiger partial charge in [0.1, 0.15) is 0 Å². The van der Waals surface area contributed by atoms with Gasteiger partial charge in [-0.1, -0.05) is 48.0 Å². The standard InChI is InChI=1S/C20H23N3O2/c1-14-9-10-18(15(2)13-14)21-19(24)11-12-20(25)23-22-16(3)17-7-5-4-6-8-17/h4-10,13H,11-12H2,1-3H3,(H,21,24)(H,23,25)/b22-16-. The van der Waals surface area contributed by atoms with Crippen molar-refractivity contribution in [2.75, 3.05) is 5.32 Å². The first kappa shape index (κ1) is 18.4. The van der Waals surface area contributed by atoms with Crippen molar-refractivity contribution in [1.29, 1.82) is 0 Å². The second kappa shape index (κ2) is 8.78. The van der Waals surface area contributed by atoms with Crippen LogP contribution < -0.4 is 10.7 Å². The van der Waals surface area contributed by atoms with Crippen LogP contribution >= 0.6 is 0 Å². The first-order chi connectivity index (χ1) is 12.0. The minimum absolute atomic E-state index is 0.0856. The summed E-state index contributed by atoms with van der Waals surface area (Å²) < 4.78 is 0. The molecule has 0 unspecified atom stereocenters. The largest absolute Gasteiger partial charge is 0.326 e. The molecular formula is C20H23N3O2. The zero-order chi connectivity index (χ0) is 18.2. The normalized spacial score (nSPS) is 11.1. The van der Waals surface area contributed by atoms with Gasteiger partial charge in [0.2, 0.25) is 11.8 Å². The number of benzene rings is 2. The molecule has 0 aliphatic carbocycles. The molecule has 5 heteroatoms. The molecule has 0 aromatic heterocycles. The number of hydrogen-bond donors (Lipinski definition) is 2. The van der Waals surface area contributed by atoms with E-state index in [0.717, 1.165) is 22.4 Å². The zero-order valence-electron chi connectivity index (χ0n) is 14.8. The number of carbonyl (C=O) groups excluding carboxylic acids is 2. The van der Waals surface area contributed by atoms with Crippen LogP contribution in [0.1, 0.15) is 36.5 Å². The molecule has 0 fully saturated rings. The van der Waals surface area contributed by atoms with Crippen LogP contribution in [0.4, 0.5) is 5.69 Å². The van der Waals surface area contributed by atoms with Crippen molar-refractivity contribution in [2.24, 2.45) is 5.10 Å². The highest BCUT2D eigenvalue weighted by Crippen LogP contribution is 2.16. The predicted molar refractivity (Wildman–Crippen MR) is 101 cm³/mol. The van der Waals surface area contributed by atoms with Gasteiger partial charge in [-0.15, -0.1) is 0 Å². The molecule has 0 radical (unpaired) electrons. The number of nitrogens with one attached hydrogen (secondary N) is 2. The van der Waals surface area contributed by atoms with Gasteiger partial charge in [-0.3, -0.25) is 9.59 Å². The number of rotatable bonds is 6. The van der Waals surface area contributed by atoms with Gasteiger partial charge in [0.15, 0.2) is 0 Å². The van der Waals surface area contributed by atoms with Crippen molar-refractivity contribution in [1.82, 2.24) is 5.43 Å². The van der Waals surface area contributed by atoms with E-state index >= 15 is 0 Å². The van der Waals surface area contributed by atoms with Crippen LogP contribution in [-0.2, 0) is 9.59 Å². The van der Waals surface area contributed by atoms with Crippen molar-refractivity contribution in [3.8, 4) is 0 Å². The fourth-order valence-electron chi connectivity index (χ4n) is 2.34. The van der Waals surface area contributed by atoms with Crippen LogP contribution in [0.3, 0.4) is 0 Å². The number of aryl methyl sites for hydroxylation is 2. The predicted octanol–water partition coefficient (Wildman–Crippen LogP) is 3.56. The Morgan fingerprint density at radius 1 is 0.960 bits per heavy atom. The third-order valence-electron chi connectivity index (χ3n) is 3.77. The number of hydrogen-bond acceptors (Lipinski definition) is 3. The second-order valence-electron chi connectivity index (χ2n) is 5.96. The third-order valence-corrected chi connectivity index (χ3v) is 3.77. The molecule has 0 heterocycles. The Bertz CT molecular complexity index is 783. The van der Waals surface area contributed by atoms with Gasteiger partial charge in [-0.2, -0.15) is 5.10 Å². The van der Waals surface area contributed by atoms with E-state index in [9.17, 15) is 9.59 Å². The van der Waals surface area contributed by atoms with E-state index in [4.69, 9.17) is 0 Å². The summed E-state index contributed by atoms with van der Waals surface area (Å²) in [7, 11) is 0. The van der Waals surface area contributed by atoms with E-state index in [-0.39, 0.29) is 24.7 Å². The maximum absolute atomic E-state index is 12.0. The average molecular weight is 337 g/mol. The molecule has 0 spiro atoms. The van der Waals surface area contributed by atoms with Crippen LogP contribution in [0, 0.1) is 13.8 Å². The van der Waals surface area contributed by atoms with Gasteiger partial charge in [0, 0.05) is 18.5 Å². The number of nitrogens with zero attached hydrogens (tertiary/aromatic N) is 1. The second-order valence-corrected chi connectivity index (χ2v) is 5.96. The van der Waals surface area contributed by atoms with Gasteiger partial charge >= 0.3 is 0 Å². The van der Waals surface area contributed by atoms with Crippen molar-refractivity contribution in [3.05, 3.63) is 65.2 Å². The number of hydrazone groups is 1. The van der Waals surface area contributed by atoms with Crippen LogP contribution in [0.15, 0.2) is 53.6 Å². The lowest BCUT2D eigenvalue weighted by Crippen LogP contribution is -2.22. The highest BCUT2D eigenvalue weighted by atomic mass is 16.2. The minimum atomic E-state index is -0.286. The molecule has 0 saturated heterocycles. The Labute approximate surface area is 148 Å². The van der Waals surface area contributed by atoms with Gasteiger partial charge in [0.05, 0.1) is 5.71 Å². The third kappa shape index (κ3) is 5.88. The molecule has 2 aromatic carbocycles. The molecular weight excluding hydrogens is 314 g/mol. The van der Waals surface area contributed by atoms with E-state index < -0.39 is 0 Å². The highest BCUT2D eigenvalue weighted by Gasteiger charge is 2.08. The summed E-state index contributed by atoms with van der Waals surface area (Å²) in [5, 5.41) is 6.89. The quantitative estimate of drug-likeness (QED) is 0.625. The Balaban J connectivity index is 1.80. The van der Waals surface area contributed by atoms with Crippen LogP contribution in [0.5, 0.6) is 0 Å². The summed E-state index contributed by atoms with van der Waals surface area (Å²) in [6.07, 6.45) is 0.196. The van der Waals surface area contributed by atoms with Gasteiger partial charge in [0.25, 0.3) is 0 Å². The number of anilines is 1. The Morgan fingerprint density at radius 3 is 2.32 bits per heavy atom. The Morgan fingerprint density at radius 2 is 1.64 bits per heavy atom. The molecule has 0 atom stereocenters. The van der Waals surface area contributed by atoms with Gasteiger partial charge in [-0.25, -0.2) is 5.43 Å². The molecule has 5 nitrogen and oxygen atoms in total. The van der Waals surface area contributed by atoms with Gasteiger partial charge in [-0.05, 0) is 38.0 Å². The zero-order valence-corrected chi connectivity index (χ0v) is 14.8. The topological polar surface area (TPSA) is 70.6 Å². The monoisotopic (exact) mass is 337 g/mol. The summed E-state index contributed by atoms with van der Waals surface area (Å²) in [6.45, 7) is 5.76. The molecule has 0 aliphatic heterocycles. The molecule has 2 rings (SSSR count). The maximum atomic E-state index is 12.0. The van der Waals surface area contributed by atoms with Crippen molar-refractivity contribution < 1.29 is 9.59 Å². The molecule has 0 aliphatic rings. The highest BCUT2D eigenvalue weighted by molar-refractivity contribution is 5.99. The summed E-state index contributed by atoms with van der Waals surface area (Å²) >= 11 is 0. The molecule has 0 bridgehead atoms. The van der Waals surface area contributed by atoms with Crippen LogP contribution in [0.2, 0.25) is 0 Å². The van der Waals surface area contributed by atoms with E-state index in [1.807, 2.05) is 69.3 Å². The fraction of sp³-hybridized carbons (Fsp3) is 0.250. The lowest BCUT2D eigenvalue weighted by Gasteiger charge is -2.09. The minimum Gasteiger partial charge on any atom is -0.326 e. The molecule has 2 N–H and O–H groups in total. The van der Waals surface area contributed by atoms with Crippen LogP contribution in [0.25, 0.3) is 0 Å². The summed E-state index contributed by atoms with van der Waals surface area (Å²) in [5.74, 6) is -0.475. The molecule has 2 aromatic rings. The summed E-state index contributed by atoms with van der Waals surface area (Å²) in [4.78, 5) is 23.8. The lowest BCUT2D eigenvalue weighted by molar-refractivity contribution is -0.124. The van der Waals surface area contributed by atoms with E-state index in [2.05, 4.69) is 15.8 Å². The average Bonchev–Trinajstić information content (AvgIpc) is 2.61. The smallest absolute Gasteiger partial charge is 0.240 e. The molecule has 0 saturated carbocycles. The van der Waals surface area contributed by atoms with Crippen molar-refractivity contribution in [2.45, 2.75) is 33.6 Å². The van der Waals surface area contributed by atoms with Gasteiger partial charge < -0.3 is 5.32 Å². The molecule has 25 heavy (non-hydrogen) atoms. The van der Waals surface area contributed by atoms with E-state index in [1.165, 1.54) is 0 Å². The maximum Gasteiger partial charge on any atom is 0.240 e. The van der Waals surface area contributed by atoms with Crippen molar-refractivity contribution >= 4 is 23.2 Å². The summed E-state index contributed by atoms with van der Waals surface area (Å²) in [5.41, 5.74) is 7.06. The first-order valence-corrected chi connectivity index (χ1v) is 8.21. The molecule has 2 amide bonds. The van der Waals surface area contributed by atoms with E-state index in [1.54, 1.807) is 0 Å².